The number of hydrogen-bond acceptors (Lipinski definition) is 3. The summed E-state index contributed by atoms with van der Waals surface area (Å²) in [4.78, 5) is 11.9. The predicted molar refractivity (Wildman–Crippen MR) is 87.7 cm³/mol. The van der Waals surface area contributed by atoms with Gasteiger partial charge in [-0.2, -0.15) is 23.7 Å². The molecule has 21 heavy (non-hydrogen) atoms. The van der Waals surface area contributed by atoms with E-state index in [9.17, 15) is 4.79 Å². The van der Waals surface area contributed by atoms with E-state index < -0.39 is 0 Å². The maximum atomic E-state index is 11.9. The van der Waals surface area contributed by atoms with Gasteiger partial charge in [0.15, 0.2) is 0 Å². The first-order valence-corrected chi connectivity index (χ1v) is 8.30. The van der Waals surface area contributed by atoms with Crippen molar-refractivity contribution in [3.8, 4) is 17.0 Å². The standard InChI is InChI=1S/C14H12BrClNO2S.Y/c1-17-13(6-5-12(16)14(17)18)10-4-3-9(7-11(10)15)19-8-20-2;/h3-5,7H,8H2,1-2H3;/q-1;. The minimum atomic E-state index is -0.241. The van der Waals surface area contributed by atoms with Gasteiger partial charge in [0.1, 0.15) is 11.7 Å². The molecule has 1 heterocycles. The van der Waals surface area contributed by atoms with Gasteiger partial charge in [0.2, 0.25) is 5.56 Å². The molecule has 1 radical (unpaired) electrons. The van der Waals surface area contributed by atoms with Crippen molar-refractivity contribution < 1.29 is 37.4 Å². The number of nitrogens with zero attached hydrogens (tertiary/aromatic N) is 1. The average Bonchev–Trinajstić information content (AvgIpc) is 2.44. The smallest absolute Gasteiger partial charge is 0.212 e. The summed E-state index contributed by atoms with van der Waals surface area (Å²) in [5.74, 6) is 1.37. The van der Waals surface area contributed by atoms with E-state index in [0.717, 1.165) is 15.8 Å². The summed E-state index contributed by atoms with van der Waals surface area (Å²) in [5, 5.41) is 0.160. The van der Waals surface area contributed by atoms with Crippen LogP contribution in [0.5, 0.6) is 5.75 Å². The maximum Gasteiger partial charge on any atom is 0.212 e. The van der Waals surface area contributed by atoms with Gasteiger partial charge >= 0.3 is 0 Å². The summed E-state index contributed by atoms with van der Waals surface area (Å²) in [5.41, 5.74) is 1.29. The Morgan fingerprint density at radius 1 is 1.48 bits per heavy atom. The third-order valence-electron chi connectivity index (χ3n) is 2.72. The molecule has 0 saturated heterocycles. The number of hydrogen-bond donors (Lipinski definition) is 0. The van der Waals surface area contributed by atoms with Crippen molar-refractivity contribution in [3.05, 3.63) is 50.2 Å². The monoisotopic (exact) mass is 461 g/mol. The number of thioether (sulfide) groups is 1. The fourth-order valence-corrected chi connectivity index (χ4v) is 2.70. The molecular formula is C14H12BrClNO2SY-. The third-order valence-corrected chi connectivity index (χ3v) is 4.00. The minimum Gasteiger partial charge on any atom is -0.483 e. The molecule has 2 rings (SSSR count). The van der Waals surface area contributed by atoms with Gasteiger partial charge in [0.05, 0.1) is 0 Å². The molecule has 0 aliphatic carbocycles. The third kappa shape index (κ3) is 4.58. The van der Waals surface area contributed by atoms with Crippen LogP contribution in [0.2, 0.25) is 5.02 Å². The van der Waals surface area contributed by atoms with E-state index in [0.29, 0.717) is 11.6 Å². The first-order valence-electron chi connectivity index (χ1n) is 5.73. The molecule has 0 spiro atoms. The topological polar surface area (TPSA) is 31.2 Å². The molecule has 0 atom stereocenters. The molecule has 0 unspecified atom stereocenters. The molecule has 0 saturated carbocycles. The summed E-state index contributed by atoms with van der Waals surface area (Å²) >= 11 is 10.9. The van der Waals surface area contributed by atoms with Crippen molar-refractivity contribution in [1.82, 2.24) is 4.57 Å². The van der Waals surface area contributed by atoms with E-state index in [4.69, 9.17) is 16.3 Å². The Kier molecular flexibility index (Phi) is 8.00. The van der Waals surface area contributed by atoms with Crippen LogP contribution < -0.4 is 10.3 Å². The first kappa shape index (κ1) is 19.2. The molecule has 1 aromatic carbocycles. The van der Waals surface area contributed by atoms with E-state index in [-0.39, 0.29) is 43.3 Å². The predicted octanol–water partition coefficient (Wildman–Crippen LogP) is 3.97. The Morgan fingerprint density at radius 2 is 2.19 bits per heavy atom. The zero-order valence-corrected chi connectivity index (χ0v) is 17.5. The normalized spacial score (nSPS) is 10.1. The van der Waals surface area contributed by atoms with Crippen molar-refractivity contribution in [2.45, 2.75) is 0 Å². The number of ether oxygens (including phenoxy) is 1. The Hall–Kier alpha value is 0.194. The fraction of sp³-hybridized carbons (Fsp3) is 0.214. The second kappa shape index (κ2) is 8.73. The summed E-state index contributed by atoms with van der Waals surface area (Å²) in [6.07, 6.45) is 1.97. The van der Waals surface area contributed by atoms with Gasteiger partial charge in [-0.25, -0.2) is 0 Å². The largest absolute Gasteiger partial charge is 0.483 e. The average molecular weight is 463 g/mol. The van der Waals surface area contributed by atoms with E-state index in [2.05, 4.69) is 22.0 Å². The Bertz CT molecular complexity index is 693. The Balaban J connectivity index is 0.00000220. The zero-order valence-electron chi connectivity index (χ0n) is 11.5. The molecule has 2 aromatic rings. The molecule has 3 nitrogen and oxygen atoms in total. The van der Waals surface area contributed by atoms with E-state index >= 15 is 0 Å². The van der Waals surface area contributed by atoms with Crippen LogP contribution in [0, 0.1) is 6.07 Å². The fourth-order valence-electron chi connectivity index (χ4n) is 1.72. The number of benzene rings is 1. The van der Waals surface area contributed by atoms with Crippen molar-refractivity contribution in [2.24, 2.45) is 7.05 Å². The van der Waals surface area contributed by atoms with E-state index in [1.165, 1.54) is 10.6 Å². The molecule has 0 amide bonds. The molecule has 1 aromatic heterocycles. The summed E-state index contributed by atoms with van der Waals surface area (Å²) in [6, 6.07) is 10.1. The minimum absolute atomic E-state index is 0. The van der Waals surface area contributed by atoms with Crippen LogP contribution in [0.3, 0.4) is 0 Å². The van der Waals surface area contributed by atoms with Crippen LogP contribution >= 0.6 is 39.3 Å². The van der Waals surface area contributed by atoms with Gasteiger partial charge in [-0.1, -0.05) is 27.2 Å². The zero-order chi connectivity index (χ0) is 14.7. The number of rotatable bonds is 4. The van der Waals surface area contributed by atoms with Crippen LogP contribution in [-0.4, -0.2) is 16.8 Å². The molecular weight excluding hydrogens is 450 g/mol. The Labute approximate surface area is 166 Å². The molecule has 0 bridgehead atoms. The number of halogens is 2. The molecule has 7 heteroatoms. The first-order chi connectivity index (χ1) is 9.54. The van der Waals surface area contributed by atoms with Gasteiger partial charge in [0, 0.05) is 44.8 Å². The van der Waals surface area contributed by atoms with Crippen LogP contribution in [0.25, 0.3) is 11.3 Å². The van der Waals surface area contributed by atoms with Crippen molar-refractivity contribution in [2.75, 3.05) is 12.2 Å². The van der Waals surface area contributed by atoms with Crippen molar-refractivity contribution in [3.63, 3.8) is 0 Å². The van der Waals surface area contributed by atoms with Gasteiger partial charge < -0.3 is 9.30 Å². The van der Waals surface area contributed by atoms with Gasteiger partial charge in [-0.15, -0.1) is 17.8 Å². The van der Waals surface area contributed by atoms with Crippen LogP contribution in [0.4, 0.5) is 0 Å². The van der Waals surface area contributed by atoms with Gasteiger partial charge in [-0.3, -0.25) is 4.79 Å². The summed E-state index contributed by atoms with van der Waals surface area (Å²) < 4.78 is 7.85. The van der Waals surface area contributed by atoms with Gasteiger partial charge in [-0.05, 0) is 22.9 Å². The SMILES string of the molecule is CSCOc1ccc(-c2[c-]cc(Cl)c(=O)n2C)c(Br)c1.[Y]. The van der Waals surface area contributed by atoms with Crippen LogP contribution in [-0.2, 0) is 39.8 Å². The van der Waals surface area contributed by atoms with E-state index in [1.807, 2.05) is 24.5 Å². The van der Waals surface area contributed by atoms with Crippen LogP contribution in [0.15, 0.2) is 33.5 Å². The molecule has 0 aliphatic rings. The summed E-state index contributed by atoms with van der Waals surface area (Å²) in [7, 11) is 1.67. The summed E-state index contributed by atoms with van der Waals surface area (Å²) in [6.45, 7) is 0. The maximum absolute atomic E-state index is 11.9. The van der Waals surface area contributed by atoms with Crippen LogP contribution in [0.1, 0.15) is 0 Å². The molecule has 0 N–H and O–H groups in total. The second-order valence-electron chi connectivity index (χ2n) is 4.04. The quantitative estimate of drug-likeness (QED) is 0.509. The van der Waals surface area contributed by atoms with Gasteiger partial charge in [0.25, 0.3) is 0 Å². The van der Waals surface area contributed by atoms with Crippen molar-refractivity contribution >= 4 is 39.3 Å². The number of aromatic nitrogens is 1. The molecule has 0 aliphatic heterocycles. The molecule has 109 valence electrons. The number of pyridine rings is 1. The Morgan fingerprint density at radius 3 is 2.81 bits per heavy atom. The van der Waals surface area contributed by atoms with Crippen molar-refractivity contribution in [1.29, 1.82) is 0 Å². The molecule has 0 fully saturated rings. The van der Waals surface area contributed by atoms with E-state index in [1.54, 1.807) is 18.8 Å². The second-order valence-corrected chi connectivity index (χ2v) is 6.12.